The maximum absolute atomic E-state index is 12.2. The van der Waals surface area contributed by atoms with Crippen molar-refractivity contribution in [2.45, 2.75) is 25.8 Å². The van der Waals surface area contributed by atoms with Gasteiger partial charge < -0.3 is 4.74 Å². The van der Waals surface area contributed by atoms with Crippen molar-refractivity contribution in [3.05, 3.63) is 70.8 Å². The summed E-state index contributed by atoms with van der Waals surface area (Å²) in [7, 11) is 1.68. The molecule has 24 heavy (non-hydrogen) atoms. The summed E-state index contributed by atoms with van der Waals surface area (Å²) in [4.78, 5) is 12.2. The van der Waals surface area contributed by atoms with E-state index in [0.717, 1.165) is 35.4 Å². The minimum atomic E-state index is -0.0435. The van der Waals surface area contributed by atoms with Crippen LogP contribution in [0.5, 0.6) is 5.75 Å². The van der Waals surface area contributed by atoms with Crippen molar-refractivity contribution < 1.29 is 9.53 Å². The summed E-state index contributed by atoms with van der Waals surface area (Å²) in [6, 6.07) is 16.3. The summed E-state index contributed by atoms with van der Waals surface area (Å²) in [5, 5.41) is 1.74. The van der Waals surface area contributed by atoms with Gasteiger partial charge in [-0.3, -0.25) is 10.2 Å². The molecule has 0 spiro atoms. The highest BCUT2D eigenvalue weighted by Gasteiger charge is 2.38. The van der Waals surface area contributed by atoms with Gasteiger partial charge in [0.15, 0.2) is 0 Å². The van der Waals surface area contributed by atoms with Gasteiger partial charge in [-0.05, 0) is 41.7 Å². The minimum absolute atomic E-state index is 0.0164. The van der Waals surface area contributed by atoms with Crippen LogP contribution in [0.4, 0.5) is 0 Å². The summed E-state index contributed by atoms with van der Waals surface area (Å²) in [6.45, 7) is 1.61. The summed E-state index contributed by atoms with van der Waals surface area (Å²) in [6.07, 6.45) is 1.93. The Hall–Kier alpha value is -2.75. The Bertz CT molecular complexity index is 827. The third kappa shape index (κ3) is 2.26. The number of nitrogens with zero attached hydrogens (tertiary/aromatic N) is 1. The lowest BCUT2D eigenvalue weighted by Crippen LogP contribution is -2.38. The van der Waals surface area contributed by atoms with E-state index in [4.69, 9.17) is 4.74 Å². The number of carbonyl (C=O) groups is 1. The molecule has 0 radical (unpaired) electrons. The quantitative estimate of drug-likeness (QED) is 0.921. The number of aryl methyl sites for hydroxylation is 1. The zero-order valence-electron chi connectivity index (χ0n) is 13.9. The molecule has 2 aliphatic rings. The number of fused-ring (bicyclic) bond motifs is 2. The van der Waals surface area contributed by atoms with E-state index in [0.29, 0.717) is 0 Å². The molecule has 4 heteroatoms. The second kappa shape index (κ2) is 5.71. The Morgan fingerprint density at radius 3 is 2.67 bits per heavy atom. The topological polar surface area (TPSA) is 41.6 Å². The first-order chi connectivity index (χ1) is 11.7. The normalized spacial score (nSPS) is 18.8. The molecule has 1 amide bonds. The monoisotopic (exact) mass is 320 g/mol. The van der Waals surface area contributed by atoms with Gasteiger partial charge in [0.05, 0.1) is 12.8 Å². The van der Waals surface area contributed by atoms with Gasteiger partial charge in [-0.25, -0.2) is 5.01 Å². The van der Waals surface area contributed by atoms with Crippen LogP contribution < -0.4 is 10.2 Å². The number of nitrogens with one attached hydrogen (secondary N) is 1. The molecule has 4 nitrogen and oxygen atoms in total. The van der Waals surface area contributed by atoms with E-state index in [1.807, 2.05) is 24.3 Å². The Balaban J connectivity index is 1.85. The van der Waals surface area contributed by atoms with Gasteiger partial charge in [0, 0.05) is 12.5 Å². The Kier molecular flexibility index (Phi) is 3.53. The molecule has 4 rings (SSSR count). The Morgan fingerprint density at radius 2 is 1.96 bits per heavy atom. The molecule has 2 aromatic rings. The molecule has 0 bridgehead atoms. The number of hydrogen-bond acceptors (Lipinski definition) is 3. The third-order valence-electron chi connectivity index (χ3n) is 4.85. The number of ether oxygens (including phenoxy) is 1. The maximum atomic E-state index is 12.2. The van der Waals surface area contributed by atoms with Crippen LogP contribution in [0.3, 0.4) is 0 Å². The minimum Gasteiger partial charge on any atom is -0.497 e. The zero-order chi connectivity index (χ0) is 16.7. The molecule has 0 aromatic heterocycles. The van der Waals surface area contributed by atoms with Gasteiger partial charge in [-0.1, -0.05) is 36.4 Å². The lowest BCUT2D eigenvalue weighted by molar-refractivity contribution is -0.132. The molecule has 1 aliphatic carbocycles. The van der Waals surface area contributed by atoms with Crippen molar-refractivity contribution >= 4 is 11.6 Å². The van der Waals surface area contributed by atoms with Gasteiger partial charge in [0.2, 0.25) is 5.91 Å². The predicted octanol–water partition coefficient (Wildman–Crippen LogP) is 3.46. The van der Waals surface area contributed by atoms with Crippen LogP contribution in [0, 0.1) is 0 Å². The molecule has 1 atom stereocenters. The summed E-state index contributed by atoms with van der Waals surface area (Å²) in [5.41, 5.74) is 9.25. The van der Waals surface area contributed by atoms with Crippen LogP contribution in [0.25, 0.3) is 5.70 Å². The molecule has 0 saturated heterocycles. The van der Waals surface area contributed by atoms with Gasteiger partial charge in [0.25, 0.3) is 0 Å². The third-order valence-corrected chi connectivity index (χ3v) is 4.85. The molecule has 122 valence electrons. The molecule has 1 N–H and O–H groups in total. The highest BCUT2D eigenvalue weighted by atomic mass is 16.5. The standard InChI is InChI=1S/C20H20N2O2/c1-13(23)22-20(15-6-4-3-5-7-15)17-11-9-14-8-10-16(24-2)12-18(14)19(17)21-22/h3-8,10,12,20-21H,9,11H2,1-2H3. The second-order valence-electron chi connectivity index (χ2n) is 6.24. The molecular formula is C20H20N2O2. The number of hydrazine groups is 1. The van der Waals surface area contributed by atoms with Crippen molar-refractivity contribution in [3.63, 3.8) is 0 Å². The van der Waals surface area contributed by atoms with Gasteiger partial charge in [-0.2, -0.15) is 0 Å². The van der Waals surface area contributed by atoms with Crippen molar-refractivity contribution in [1.82, 2.24) is 10.4 Å². The number of amides is 1. The average Bonchev–Trinajstić information content (AvgIpc) is 3.02. The van der Waals surface area contributed by atoms with E-state index in [9.17, 15) is 4.79 Å². The summed E-state index contributed by atoms with van der Waals surface area (Å²) >= 11 is 0. The number of carbonyl (C=O) groups excluding carboxylic acids is 1. The van der Waals surface area contributed by atoms with E-state index in [2.05, 4.69) is 29.7 Å². The first kappa shape index (κ1) is 14.8. The summed E-state index contributed by atoms with van der Waals surface area (Å²) in [5.74, 6) is 0.851. The molecule has 1 unspecified atom stereocenters. The van der Waals surface area contributed by atoms with Crippen molar-refractivity contribution in [3.8, 4) is 5.75 Å². The number of hydrogen-bond donors (Lipinski definition) is 1. The Labute approximate surface area is 141 Å². The predicted molar refractivity (Wildman–Crippen MR) is 93.1 cm³/mol. The molecule has 1 heterocycles. The first-order valence-electron chi connectivity index (χ1n) is 8.21. The van der Waals surface area contributed by atoms with Crippen LogP contribution in [0.15, 0.2) is 54.1 Å². The fraction of sp³-hybridized carbons (Fsp3) is 0.250. The maximum Gasteiger partial charge on any atom is 0.238 e. The van der Waals surface area contributed by atoms with Crippen molar-refractivity contribution in [1.29, 1.82) is 0 Å². The van der Waals surface area contributed by atoms with Gasteiger partial charge in [0.1, 0.15) is 11.8 Å². The van der Waals surface area contributed by atoms with E-state index < -0.39 is 0 Å². The van der Waals surface area contributed by atoms with E-state index in [-0.39, 0.29) is 11.9 Å². The highest BCUT2D eigenvalue weighted by Crippen LogP contribution is 2.44. The summed E-state index contributed by atoms with van der Waals surface area (Å²) < 4.78 is 5.38. The second-order valence-corrected chi connectivity index (χ2v) is 6.24. The largest absolute Gasteiger partial charge is 0.497 e. The molecule has 1 aliphatic heterocycles. The molecule has 2 aromatic carbocycles. The Morgan fingerprint density at radius 1 is 1.17 bits per heavy atom. The number of methoxy groups -OCH3 is 1. The van der Waals surface area contributed by atoms with Crippen molar-refractivity contribution in [2.75, 3.05) is 7.11 Å². The first-order valence-corrected chi connectivity index (χ1v) is 8.21. The smallest absolute Gasteiger partial charge is 0.238 e. The van der Waals surface area contributed by atoms with Gasteiger partial charge >= 0.3 is 0 Å². The van der Waals surface area contributed by atoms with Gasteiger partial charge in [-0.15, -0.1) is 0 Å². The lowest BCUT2D eigenvalue weighted by Gasteiger charge is -2.25. The fourth-order valence-corrected chi connectivity index (χ4v) is 3.69. The van der Waals surface area contributed by atoms with Crippen LogP contribution in [0.2, 0.25) is 0 Å². The van der Waals surface area contributed by atoms with Crippen LogP contribution in [0.1, 0.15) is 36.1 Å². The highest BCUT2D eigenvalue weighted by molar-refractivity contribution is 5.82. The van der Waals surface area contributed by atoms with Crippen molar-refractivity contribution in [2.24, 2.45) is 0 Å². The molecule has 0 fully saturated rings. The lowest BCUT2D eigenvalue weighted by atomic mass is 9.85. The SMILES string of the molecule is COc1ccc2c(c1)C1=C(CC2)C(c2ccccc2)N(C(C)=O)N1. The van der Waals surface area contributed by atoms with Crippen LogP contribution in [-0.4, -0.2) is 18.0 Å². The van der Waals surface area contributed by atoms with E-state index in [1.54, 1.807) is 19.0 Å². The van der Waals surface area contributed by atoms with Crippen LogP contribution >= 0.6 is 0 Å². The number of rotatable bonds is 2. The average molecular weight is 320 g/mol. The molecule has 0 saturated carbocycles. The fourth-order valence-electron chi connectivity index (χ4n) is 3.69. The van der Waals surface area contributed by atoms with Crippen LogP contribution in [-0.2, 0) is 11.2 Å². The van der Waals surface area contributed by atoms with E-state index in [1.165, 1.54) is 11.1 Å². The zero-order valence-corrected chi connectivity index (χ0v) is 13.9. The van der Waals surface area contributed by atoms with E-state index >= 15 is 0 Å². The number of benzene rings is 2. The molecular weight excluding hydrogens is 300 g/mol.